The van der Waals surface area contributed by atoms with Crippen LogP contribution in [0.5, 0.6) is 11.5 Å². The van der Waals surface area contributed by atoms with Crippen LogP contribution in [0.25, 0.3) is 0 Å². The molecule has 2 aromatic carbocycles. The Hall–Kier alpha value is -3.19. The van der Waals surface area contributed by atoms with E-state index < -0.39 is 0 Å². The standard InChI is InChI=1S/C22H21FN4O2/c23-17-2-4-18(5-3-17)25-22-24-12-16-14-27(8-7-19(16)26-22)13-15-1-6-20-21(11-15)29-10-9-28-20/h1-6,11-12H,7-10,13-14H2,(H,24,25,26). The van der Waals surface area contributed by atoms with E-state index in [1.165, 1.54) is 17.7 Å². The number of hydrogen-bond acceptors (Lipinski definition) is 6. The molecule has 2 aliphatic heterocycles. The van der Waals surface area contributed by atoms with Crippen molar-refractivity contribution >= 4 is 11.6 Å². The van der Waals surface area contributed by atoms with Gasteiger partial charge in [0.25, 0.3) is 0 Å². The maximum Gasteiger partial charge on any atom is 0.227 e. The van der Waals surface area contributed by atoms with Gasteiger partial charge in [-0.2, -0.15) is 0 Å². The second-order valence-electron chi connectivity index (χ2n) is 7.24. The van der Waals surface area contributed by atoms with E-state index in [9.17, 15) is 4.39 Å². The molecule has 0 saturated heterocycles. The average molecular weight is 392 g/mol. The van der Waals surface area contributed by atoms with Crippen LogP contribution < -0.4 is 14.8 Å². The molecule has 0 fully saturated rings. The lowest BCUT2D eigenvalue weighted by Gasteiger charge is -2.28. The van der Waals surface area contributed by atoms with Crippen LogP contribution in [0, 0.1) is 5.82 Å². The molecule has 29 heavy (non-hydrogen) atoms. The molecule has 7 heteroatoms. The van der Waals surface area contributed by atoms with Gasteiger partial charge in [-0.1, -0.05) is 6.07 Å². The van der Waals surface area contributed by atoms with Crippen molar-refractivity contribution in [3.8, 4) is 11.5 Å². The van der Waals surface area contributed by atoms with Gasteiger partial charge in [0.05, 0.1) is 5.69 Å². The van der Waals surface area contributed by atoms with Gasteiger partial charge in [0, 0.05) is 43.5 Å². The van der Waals surface area contributed by atoms with Crippen molar-refractivity contribution < 1.29 is 13.9 Å². The second-order valence-corrected chi connectivity index (χ2v) is 7.24. The molecular weight excluding hydrogens is 371 g/mol. The highest BCUT2D eigenvalue weighted by atomic mass is 19.1. The first-order valence-electron chi connectivity index (χ1n) is 9.71. The molecule has 0 aliphatic carbocycles. The van der Waals surface area contributed by atoms with Crippen LogP contribution in [0.1, 0.15) is 16.8 Å². The molecule has 3 aromatic rings. The summed E-state index contributed by atoms with van der Waals surface area (Å²) in [6.07, 6.45) is 2.74. The zero-order valence-corrected chi connectivity index (χ0v) is 15.9. The highest BCUT2D eigenvalue weighted by molar-refractivity contribution is 5.53. The molecule has 3 heterocycles. The number of fused-ring (bicyclic) bond motifs is 2. The van der Waals surface area contributed by atoms with E-state index in [1.807, 2.05) is 12.3 Å². The molecule has 1 N–H and O–H groups in total. The molecule has 0 radical (unpaired) electrons. The lowest BCUT2D eigenvalue weighted by molar-refractivity contribution is 0.171. The number of benzene rings is 2. The van der Waals surface area contributed by atoms with E-state index >= 15 is 0 Å². The smallest absolute Gasteiger partial charge is 0.227 e. The van der Waals surface area contributed by atoms with E-state index in [2.05, 4.69) is 32.3 Å². The van der Waals surface area contributed by atoms with Crippen molar-refractivity contribution in [1.29, 1.82) is 0 Å². The van der Waals surface area contributed by atoms with Gasteiger partial charge >= 0.3 is 0 Å². The number of anilines is 2. The molecular formula is C22H21FN4O2. The molecule has 0 atom stereocenters. The third-order valence-electron chi connectivity index (χ3n) is 5.13. The van der Waals surface area contributed by atoms with Gasteiger partial charge in [-0.25, -0.2) is 14.4 Å². The summed E-state index contributed by atoms with van der Waals surface area (Å²) in [5, 5.41) is 3.13. The monoisotopic (exact) mass is 392 g/mol. The molecule has 0 spiro atoms. The Bertz CT molecular complexity index is 1030. The molecule has 0 amide bonds. The first-order valence-corrected chi connectivity index (χ1v) is 9.71. The molecule has 6 nitrogen and oxygen atoms in total. The minimum atomic E-state index is -0.264. The number of halogens is 1. The predicted octanol–water partition coefficient (Wildman–Crippen LogP) is 3.69. The lowest BCUT2D eigenvalue weighted by atomic mass is 10.1. The van der Waals surface area contributed by atoms with Gasteiger partial charge in [-0.05, 0) is 42.0 Å². The number of nitrogens with zero attached hydrogens (tertiary/aromatic N) is 3. The number of hydrogen-bond donors (Lipinski definition) is 1. The van der Waals surface area contributed by atoms with E-state index in [0.717, 1.165) is 54.5 Å². The summed E-state index contributed by atoms with van der Waals surface area (Å²) >= 11 is 0. The Morgan fingerprint density at radius 2 is 1.86 bits per heavy atom. The summed E-state index contributed by atoms with van der Waals surface area (Å²) in [6.45, 7) is 3.77. The third kappa shape index (κ3) is 4.00. The minimum absolute atomic E-state index is 0.264. The molecule has 0 unspecified atom stereocenters. The number of ether oxygens (including phenoxy) is 2. The zero-order valence-electron chi connectivity index (χ0n) is 15.9. The molecule has 5 rings (SSSR count). The van der Waals surface area contributed by atoms with Crippen LogP contribution in [0.15, 0.2) is 48.7 Å². The van der Waals surface area contributed by atoms with Crippen molar-refractivity contribution in [2.24, 2.45) is 0 Å². The van der Waals surface area contributed by atoms with Gasteiger partial charge < -0.3 is 14.8 Å². The van der Waals surface area contributed by atoms with Gasteiger partial charge in [0.1, 0.15) is 19.0 Å². The highest BCUT2D eigenvalue weighted by Crippen LogP contribution is 2.31. The third-order valence-corrected chi connectivity index (χ3v) is 5.13. The first-order chi connectivity index (χ1) is 14.2. The van der Waals surface area contributed by atoms with Gasteiger partial charge in [0.15, 0.2) is 11.5 Å². The van der Waals surface area contributed by atoms with Gasteiger partial charge in [0.2, 0.25) is 5.95 Å². The summed E-state index contributed by atoms with van der Waals surface area (Å²) in [5.41, 5.74) is 4.16. The summed E-state index contributed by atoms with van der Waals surface area (Å²) in [6, 6.07) is 12.3. The lowest BCUT2D eigenvalue weighted by Crippen LogP contribution is -2.31. The number of aromatic nitrogens is 2. The first kappa shape index (κ1) is 17.9. The maximum absolute atomic E-state index is 13.0. The largest absolute Gasteiger partial charge is 0.486 e. The van der Waals surface area contributed by atoms with Crippen LogP contribution in [-0.2, 0) is 19.5 Å². The predicted molar refractivity (Wildman–Crippen MR) is 107 cm³/mol. The van der Waals surface area contributed by atoms with Crippen LogP contribution >= 0.6 is 0 Å². The zero-order chi connectivity index (χ0) is 19.6. The molecule has 2 aliphatic rings. The fraction of sp³-hybridized carbons (Fsp3) is 0.273. The quantitative estimate of drug-likeness (QED) is 0.731. The van der Waals surface area contributed by atoms with Crippen LogP contribution in [0.2, 0.25) is 0 Å². The SMILES string of the molecule is Fc1ccc(Nc2ncc3c(n2)CCN(Cc2ccc4c(c2)OCCO4)C3)cc1. The fourth-order valence-electron chi connectivity index (χ4n) is 3.68. The Balaban J connectivity index is 1.26. The van der Waals surface area contributed by atoms with E-state index in [0.29, 0.717) is 19.2 Å². The van der Waals surface area contributed by atoms with Crippen LogP contribution in [-0.4, -0.2) is 34.6 Å². The topological polar surface area (TPSA) is 59.5 Å². The molecule has 148 valence electrons. The van der Waals surface area contributed by atoms with Crippen molar-refractivity contribution in [3.63, 3.8) is 0 Å². The number of nitrogens with one attached hydrogen (secondary N) is 1. The Morgan fingerprint density at radius 1 is 1.03 bits per heavy atom. The summed E-state index contributed by atoms with van der Waals surface area (Å²) in [7, 11) is 0. The number of rotatable bonds is 4. The van der Waals surface area contributed by atoms with Crippen molar-refractivity contribution in [3.05, 3.63) is 71.3 Å². The Labute approximate surface area is 168 Å². The Kier molecular flexibility index (Phi) is 4.73. The van der Waals surface area contributed by atoms with E-state index in [1.54, 1.807) is 12.1 Å². The minimum Gasteiger partial charge on any atom is -0.486 e. The molecule has 1 aromatic heterocycles. The maximum atomic E-state index is 13.0. The summed E-state index contributed by atoms with van der Waals surface area (Å²) < 4.78 is 24.3. The summed E-state index contributed by atoms with van der Waals surface area (Å²) in [4.78, 5) is 11.5. The highest BCUT2D eigenvalue weighted by Gasteiger charge is 2.20. The van der Waals surface area contributed by atoms with E-state index in [4.69, 9.17) is 9.47 Å². The van der Waals surface area contributed by atoms with Crippen LogP contribution in [0.3, 0.4) is 0 Å². The fourth-order valence-corrected chi connectivity index (χ4v) is 3.68. The van der Waals surface area contributed by atoms with Crippen molar-refractivity contribution in [2.75, 3.05) is 25.1 Å². The Morgan fingerprint density at radius 3 is 2.72 bits per heavy atom. The van der Waals surface area contributed by atoms with Gasteiger partial charge in [-0.15, -0.1) is 0 Å². The average Bonchev–Trinajstić information content (AvgIpc) is 2.75. The van der Waals surface area contributed by atoms with Gasteiger partial charge in [-0.3, -0.25) is 4.90 Å². The van der Waals surface area contributed by atoms with E-state index in [-0.39, 0.29) is 5.82 Å². The van der Waals surface area contributed by atoms with Crippen LogP contribution in [0.4, 0.5) is 16.0 Å². The van der Waals surface area contributed by atoms with Crippen molar-refractivity contribution in [1.82, 2.24) is 14.9 Å². The molecule has 0 saturated carbocycles. The molecule has 0 bridgehead atoms. The normalized spacial score (nSPS) is 15.6. The second kappa shape index (κ2) is 7.67. The summed E-state index contributed by atoms with van der Waals surface area (Å²) in [5.74, 6) is 1.92. The van der Waals surface area contributed by atoms with Crippen molar-refractivity contribution in [2.45, 2.75) is 19.5 Å².